The van der Waals surface area contributed by atoms with Crippen LogP contribution in [0.3, 0.4) is 0 Å². The quantitative estimate of drug-likeness (QED) is 0.769. The molecule has 0 spiro atoms. The first kappa shape index (κ1) is 16.9. The van der Waals surface area contributed by atoms with Crippen molar-refractivity contribution in [2.24, 2.45) is 0 Å². The Kier molecular flexibility index (Phi) is 7.59. The third-order valence-electron chi connectivity index (χ3n) is 2.60. The predicted octanol–water partition coefficient (Wildman–Crippen LogP) is 1.17. The van der Waals surface area contributed by atoms with Crippen molar-refractivity contribution in [2.45, 2.75) is 52.7 Å². The molecule has 1 aliphatic heterocycles. The van der Waals surface area contributed by atoms with Crippen molar-refractivity contribution in [1.29, 1.82) is 0 Å². The number of hydrogen-bond acceptors (Lipinski definition) is 4. The zero-order valence-electron chi connectivity index (χ0n) is 12.2. The van der Waals surface area contributed by atoms with Gasteiger partial charge in [-0.2, -0.15) is 0 Å². The van der Waals surface area contributed by atoms with Gasteiger partial charge in [-0.05, 0) is 47.6 Å². The Bertz CT molecular complexity index is 253. The van der Waals surface area contributed by atoms with Crippen LogP contribution in [0.2, 0.25) is 0 Å². The van der Waals surface area contributed by atoms with Crippen LogP contribution in [0.25, 0.3) is 0 Å². The molecule has 0 saturated carbocycles. The smallest absolute Gasteiger partial charge is 0.293 e. The fourth-order valence-corrected chi connectivity index (χ4v) is 1.40. The van der Waals surface area contributed by atoms with Crippen molar-refractivity contribution < 1.29 is 14.3 Å². The number of carbonyl (C=O) groups is 2. The van der Waals surface area contributed by atoms with Gasteiger partial charge in [0.2, 0.25) is 5.91 Å². The van der Waals surface area contributed by atoms with Crippen LogP contribution in [0.15, 0.2) is 0 Å². The molecule has 1 rings (SSSR count). The fourth-order valence-electron chi connectivity index (χ4n) is 1.40. The Morgan fingerprint density at radius 2 is 1.89 bits per heavy atom. The minimum Gasteiger partial charge on any atom is -0.462 e. The highest BCUT2D eigenvalue weighted by molar-refractivity contribution is 5.82. The number of rotatable bonds is 4. The summed E-state index contributed by atoms with van der Waals surface area (Å²) in [6.45, 7) is 12.6. The molecule has 1 heterocycles. The highest BCUT2D eigenvalue weighted by atomic mass is 16.5. The van der Waals surface area contributed by atoms with E-state index < -0.39 is 0 Å². The van der Waals surface area contributed by atoms with E-state index in [2.05, 4.69) is 10.1 Å². The second kappa shape index (κ2) is 8.08. The molecule has 18 heavy (non-hydrogen) atoms. The molecular weight excluding hydrogens is 232 g/mol. The van der Waals surface area contributed by atoms with Crippen LogP contribution in [0.5, 0.6) is 0 Å². The molecule has 0 aromatic rings. The molecule has 0 radical (unpaired) electrons. The summed E-state index contributed by atoms with van der Waals surface area (Å²) in [6.07, 6.45) is 1.01. The summed E-state index contributed by atoms with van der Waals surface area (Å²) < 4.78 is 4.55. The number of carbonyl (C=O) groups excluding carboxylic acids is 2. The van der Waals surface area contributed by atoms with Gasteiger partial charge in [-0.15, -0.1) is 0 Å². The van der Waals surface area contributed by atoms with Crippen molar-refractivity contribution in [2.75, 3.05) is 19.6 Å². The number of ether oxygens (including phenoxy) is 1. The van der Waals surface area contributed by atoms with E-state index in [4.69, 9.17) is 0 Å². The summed E-state index contributed by atoms with van der Waals surface area (Å²) in [5.74, 6) is 0.265. The summed E-state index contributed by atoms with van der Waals surface area (Å²) in [5, 5.41) is 3.10. The van der Waals surface area contributed by atoms with Crippen LogP contribution in [-0.2, 0) is 14.3 Å². The third kappa shape index (κ3) is 6.59. The summed E-state index contributed by atoms with van der Waals surface area (Å²) >= 11 is 0. The molecule has 1 amide bonds. The van der Waals surface area contributed by atoms with Gasteiger partial charge in [0.05, 0.1) is 6.04 Å². The second-order valence-corrected chi connectivity index (χ2v) is 5.13. The number of hydrogen-bond donors (Lipinski definition) is 1. The van der Waals surface area contributed by atoms with Gasteiger partial charge in [0.15, 0.2) is 0 Å². The lowest BCUT2D eigenvalue weighted by Crippen LogP contribution is -2.54. The molecule has 1 saturated heterocycles. The van der Waals surface area contributed by atoms with Crippen molar-refractivity contribution in [1.82, 2.24) is 10.2 Å². The summed E-state index contributed by atoms with van der Waals surface area (Å²) in [5.41, 5.74) is -0.318. The van der Waals surface area contributed by atoms with Crippen LogP contribution in [0, 0.1) is 0 Å². The van der Waals surface area contributed by atoms with Gasteiger partial charge >= 0.3 is 0 Å². The highest BCUT2D eigenvalue weighted by Gasteiger charge is 2.27. The lowest BCUT2D eigenvalue weighted by atomic mass is 10.1. The van der Waals surface area contributed by atoms with Crippen molar-refractivity contribution >= 4 is 12.4 Å². The average Bonchev–Trinajstić information content (AvgIpc) is 2.15. The van der Waals surface area contributed by atoms with Crippen molar-refractivity contribution in [3.63, 3.8) is 0 Å². The predicted molar refractivity (Wildman–Crippen MR) is 71.2 cm³/mol. The van der Waals surface area contributed by atoms with Crippen LogP contribution < -0.4 is 5.32 Å². The SMILES string of the molecule is CC(C)(C)OC=O.CCN(CC)C(=O)C1CCN1. The molecule has 5 nitrogen and oxygen atoms in total. The zero-order chi connectivity index (χ0) is 14.2. The van der Waals surface area contributed by atoms with Crippen LogP contribution in [-0.4, -0.2) is 48.6 Å². The first-order chi connectivity index (χ1) is 8.35. The largest absolute Gasteiger partial charge is 0.462 e. The van der Waals surface area contributed by atoms with E-state index in [1.807, 2.05) is 39.5 Å². The normalized spacial score (nSPS) is 17.9. The zero-order valence-corrected chi connectivity index (χ0v) is 12.2. The Labute approximate surface area is 110 Å². The van der Waals surface area contributed by atoms with Gasteiger partial charge in [-0.3, -0.25) is 9.59 Å². The Morgan fingerprint density at radius 1 is 1.39 bits per heavy atom. The van der Waals surface area contributed by atoms with Crippen molar-refractivity contribution in [3.8, 4) is 0 Å². The molecule has 106 valence electrons. The van der Waals surface area contributed by atoms with Gasteiger partial charge in [-0.1, -0.05) is 0 Å². The van der Waals surface area contributed by atoms with Gasteiger partial charge in [0.25, 0.3) is 6.47 Å². The molecule has 0 aliphatic carbocycles. The molecule has 1 N–H and O–H groups in total. The van der Waals surface area contributed by atoms with E-state index in [9.17, 15) is 9.59 Å². The average molecular weight is 258 g/mol. The van der Waals surface area contributed by atoms with E-state index in [0.717, 1.165) is 26.1 Å². The van der Waals surface area contributed by atoms with Crippen LogP contribution >= 0.6 is 0 Å². The first-order valence-corrected chi connectivity index (χ1v) is 6.49. The Morgan fingerprint density at radius 3 is 2.06 bits per heavy atom. The second-order valence-electron chi connectivity index (χ2n) is 5.13. The maximum absolute atomic E-state index is 11.5. The monoisotopic (exact) mass is 258 g/mol. The number of likely N-dealkylation sites (N-methyl/N-ethyl adjacent to an activating group) is 1. The molecule has 5 heteroatoms. The molecule has 0 aromatic heterocycles. The topological polar surface area (TPSA) is 58.6 Å². The summed E-state index contributed by atoms with van der Waals surface area (Å²) in [7, 11) is 0. The van der Waals surface area contributed by atoms with Crippen LogP contribution in [0.1, 0.15) is 41.0 Å². The fraction of sp³-hybridized carbons (Fsp3) is 0.846. The van der Waals surface area contributed by atoms with Gasteiger partial charge in [0, 0.05) is 13.1 Å². The van der Waals surface area contributed by atoms with Gasteiger partial charge in [0.1, 0.15) is 5.60 Å². The lowest BCUT2D eigenvalue weighted by molar-refractivity contribution is -0.138. The minimum absolute atomic E-state index is 0.120. The highest BCUT2D eigenvalue weighted by Crippen LogP contribution is 2.05. The minimum atomic E-state index is -0.318. The molecule has 1 atom stereocenters. The molecule has 0 bridgehead atoms. The maximum Gasteiger partial charge on any atom is 0.293 e. The molecular formula is C13H26N2O3. The lowest BCUT2D eigenvalue weighted by Gasteiger charge is -2.31. The first-order valence-electron chi connectivity index (χ1n) is 6.49. The Balaban J connectivity index is 0.000000360. The third-order valence-corrected chi connectivity index (χ3v) is 2.60. The standard InChI is InChI=1S/C8H16N2O.C5H10O2/c1-3-10(4-2)8(11)7-5-6-9-7;1-5(2,3)7-4-6/h7,9H,3-6H2,1-2H3;4H,1-3H3. The van der Waals surface area contributed by atoms with Gasteiger partial charge < -0.3 is 15.0 Å². The van der Waals surface area contributed by atoms with Gasteiger partial charge in [-0.25, -0.2) is 0 Å². The van der Waals surface area contributed by atoms with E-state index in [-0.39, 0.29) is 17.6 Å². The molecule has 0 aromatic carbocycles. The Hall–Kier alpha value is -1.10. The molecule has 1 unspecified atom stereocenters. The van der Waals surface area contributed by atoms with E-state index in [0.29, 0.717) is 6.47 Å². The van der Waals surface area contributed by atoms with E-state index in [1.54, 1.807) is 0 Å². The van der Waals surface area contributed by atoms with E-state index >= 15 is 0 Å². The summed E-state index contributed by atoms with van der Waals surface area (Å²) in [4.78, 5) is 22.9. The van der Waals surface area contributed by atoms with E-state index in [1.165, 1.54) is 0 Å². The maximum atomic E-state index is 11.5. The number of amides is 1. The molecule has 1 aliphatic rings. The van der Waals surface area contributed by atoms with Crippen molar-refractivity contribution in [3.05, 3.63) is 0 Å². The van der Waals surface area contributed by atoms with Crippen LogP contribution in [0.4, 0.5) is 0 Å². The number of nitrogens with one attached hydrogen (secondary N) is 1. The summed E-state index contributed by atoms with van der Waals surface area (Å²) in [6, 6.07) is 0.120. The number of nitrogens with zero attached hydrogens (tertiary/aromatic N) is 1. The molecule has 1 fully saturated rings.